The maximum absolute atomic E-state index is 10.1. The van der Waals surface area contributed by atoms with Crippen molar-refractivity contribution in [2.24, 2.45) is 5.18 Å². The molecule has 0 spiro atoms. The van der Waals surface area contributed by atoms with Gasteiger partial charge in [-0.15, -0.1) is 0 Å². The molecule has 0 bridgehead atoms. The SMILES string of the molecule is O=NCc1ccc2ncc(Cl)cc2c1. The lowest BCUT2D eigenvalue weighted by Gasteiger charge is -1.99. The maximum atomic E-state index is 10.1. The summed E-state index contributed by atoms with van der Waals surface area (Å²) >= 11 is 5.80. The van der Waals surface area contributed by atoms with Crippen molar-refractivity contribution in [3.63, 3.8) is 0 Å². The number of benzene rings is 1. The highest BCUT2D eigenvalue weighted by molar-refractivity contribution is 6.31. The fourth-order valence-electron chi connectivity index (χ4n) is 1.33. The van der Waals surface area contributed by atoms with E-state index in [2.05, 4.69) is 10.2 Å². The summed E-state index contributed by atoms with van der Waals surface area (Å²) in [6.45, 7) is 0.183. The molecule has 0 amide bonds. The average molecular weight is 207 g/mol. The molecule has 0 atom stereocenters. The van der Waals surface area contributed by atoms with E-state index in [0.717, 1.165) is 16.5 Å². The van der Waals surface area contributed by atoms with Gasteiger partial charge in [0.2, 0.25) is 0 Å². The van der Waals surface area contributed by atoms with Crippen LogP contribution in [0, 0.1) is 4.91 Å². The number of nitrogens with zero attached hydrogens (tertiary/aromatic N) is 2. The molecule has 0 unspecified atom stereocenters. The van der Waals surface area contributed by atoms with Gasteiger partial charge in [0, 0.05) is 11.6 Å². The van der Waals surface area contributed by atoms with E-state index in [9.17, 15) is 4.91 Å². The number of hydrogen-bond acceptors (Lipinski definition) is 3. The first-order valence-corrected chi connectivity index (χ1v) is 4.51. The van der Waals surface area contributed by atoms with E-state index in [4.69, 9.17) is 11.6 Å². The third-order valence-corrected chi connectivity index (χ3v) is 2.17. The fraction of sp³-hybridized carbons (Fsp3) is 0.100. The molecule has 0 N–H and O–H groups in total. The van der Waals surface area contributed by atoms with Gasteiger partial charge in [0.25, 0.3) is 0 Å². The van der Waals surface area contributed by atoms with Crippen LogP contribution in [0.4, 0.5) is 0 Å². The second kappa shape index (κ2) is 3.72. The van der Waals surface area contributed by atoms with E-state index in [0.29, 0.717) is 5.02 Å². The number of aromatic nitrogens is 1. The van der Waals surface area contributed by atoms with Crippen LogP contribution in [0.3, 0.4) is 0 Å². The van der Waals surface area contributed by atoms with E-state index in [1.807, 2.05) is 24.3 Å². The van der Waals surface area contributed by atoms with Gasteiger partial charge in [-0.3, -0.25) is 4.98 Å². The molecule has 4 heteroatoms. The number of hydrogen-bond donors (Lipinski definition) is 0. The van der Waals surface area contributed by atoms with Gasteiger partial charge in [-0.1, -0.05) is 22.8 Å². The second-order valence-corrected chi connectivity index (χ2v) is 3.40. The Morgan fingerprint density at radius 2 is 2.21 bits per heavy atom. The molecule has 0 radical (unpaired) electrons. The lowest BCUT2D eigenvalue weighted by Crippen LogP contribution is -1.83. The van der Waals surface area contributed by atoms with Gasteiger partial charge in [0.1, 0.15) is 6.54 Å². The fourth-order valence-corrected chi connectivity index (χ4v) is 1.49. The molecule has 0 aliphatic rings. The van der Waals surface area contributed by atoms with E-state index in [1.54, 1.807) is 6.20 Å². The average Bonchev–Trinajstić information content (AvgIpc) is 2.17. The molecule has 0 saturated heterocycles. The lowest BCUT2D eigenvalue weighted by atomic mass is 10.1. The van der Waals surface area contributed by atoms with Crippen LogP contribution in [0.2, 0.25) is 5.02 Å². The zero-order chi connectivity index (χ0) is 9.97. The molecule has 1 heterocycles. The topological polar surface area (TPSA) is 42.3 Å². The van der Waals surface area contributed by atoms with Gasteiger partial charge < -0.3 is 0 Å². The number of halogens is 1. The van der Waals surface area contributed by atoms with Crippen molar-refractivity contribution < 1.29 is 0 Å². The zero-order valence-electron chi connectivity index (χ0n) is 7.27. The van der Waals surface area contributed by atoms with Gasteiger partial charge in [-0.2, -0.15) is 4.91 Å². The highest BCUT2D eigenvalue weighted by Gasteiger charge is 1.98. The number of pyridine rings is 1. The van der Waals surface area contributed by atoms with Gasteiger partial charge >= 0.3 is 0 Å². The van der Waals surface area contributed by atoms with Crippen LogP contribution in [0.15, 0.2) is 35.6 Å². The van der Waals surface area contributed by atoms with Crippen molar-refractivity contribution >= 4 is 22.5 Å². The minimum atomic E-state index is 0.183. The number of fused-ring (bicyclic) bond motifs is 1. The Morgan fingerprint density at radius 1 is 1.36 bits per heavy atom. The molecule has 2 aromatic rings. The van der Waals surface area contributed by atoms with Crippen molar-refractivity contribution in [2.75, 3.05) is 0 Å². The highest BCUT2D eigenvalue weighted by atomic mass is 35.5. The van der Waals surface area contributed by atoms with Gasteiger partial charge in [0.05, 0.1) is 10.5 Å². The van der Waals surface area contributed by atoms with Gasteiger partial charge in [-0.25, -0.2) is 0 Å². The lowest BCUT2D eigenvalue weighted by molar-refractivity contribution is 1.06. The van der Waals surface area contributed by atoms with E-state index < -0.39 is 0 Å². The molecule has 0 fully saturated rings. The molecule has 0 aliphatic heterocycles. The van der Waals surface area contributed by atoms with Crippen LogP contribution in [-0.2, 0) is 6.54 Å². The zero-order valence-corrected chi connectivity index (χ0v) is 8.03. The van der Waals surface area contributed by atoms with Gasteiger partial charge in [-0.05, 0) is 23.8 Å². The molecule has 0 saturated carbocycles. The first kappa shape index (κ1) is 9.09. The van der Waals surface area contributed by atoms with Crippen LogP contribution < -0.4 is 0 Å². The Labute approximate surface area is 85.7 Å². The summed E-state index contributed by atoms with van der Waals surface area (Å²) in [4.78, 5) is 14.2. The predicted molar refractivity (Wildman–Crippen MR) is 56.3 cm³/mol. The van der Waals surface area contributed by atoms with Crippen molar-refractivity contribution in [3.05, 3.63) is 46.0 Å². The van der Waals surface area contributed by atoms with Crippen LogP contribution >= 0.6 is 11.6 Å². The molecule has 3 nitrogen and oxygen atoms in total. The highest BCUT2D eigenvalue weighted by Crippen LogP contribution is 2.18. The monoisotopic (exact) mass is 206 g/mol. The Balaban J connectivity index is 2.57. The van der Waals surface area contributed by atoms with Crippen LogP contribution in [0.25, 0.3) is 10.9 Å². The molecule has 14 heavy (non-hydrogen) atoms. The maximum Gasteiger partial charge on any atom is 0.106 e. The van der Waals surface area contributed by atoms with Crippen molar-refractivity contribution in [1.82, 2.24) is 4.98 Å². The van der Waals surface area contributed by atoms with Crippen LogP contribution in [-0.4, -0.2) is 4.98 Å². The molecule has 0 aliphatic carbocycles. The van der Waals surface area contributed by atoms with E-state index in [-0.39, 0.29) is 6.54 Å². The van der Waals surface area contributed by atoms with Gasteiger partial charge in [0.15, 0.2) is 0 Å². The summed E-state index contributed by atoms with van der Waals surface area (Å²) in [6.07, 6.45) is 1.60. The van der Waals surface area contributed by atoms with Crippen molar-refractivity contribution in [3.8, 4) is 0 Å². The number of rotatable bonds is 2. The molecule has 1 aromatic carbocycles. The smallest absolute Gasteiger partial charge is 0.106 e. The second-order valence-electron chi connectivity index (χ2n) is 2.97. The summed E-state index contributed by atoms with van der Waals surface area (Å²) in [7, 11) is 0. The Morgan fingerprint density at radius 3 is 3.00 bits per heavy atom. The minimum Gasteiger partial charge on any atom is -0.255 e. The summed E-state index contributed by atoms with van der Waals surface area (Å²) in [5.41, 5.74) is 1.74. The third-order valence-electron chi connectivity index (χ3n) is 1.96. The number of nitroso groups, excluding NO2 is 1. The first-order chi connectivity index (χ1) is 6.79. The van der Waals surface area contributed by atoms with Crippen LogP contribution in [0.5, 0.6) is 0 Å². The Kier molecular flexibility index (Phi) is 2.41. The van der Waals surface area contributed by atoms with Crippen molar-refractivity contribution in [1.29, 1.82) is 0 Å². The molecular formula is C10H7ClN2O. The normalized spacial score (nSPS) is 10.4. The standard InChI is InChI=1S/C10H7ClN2O/c11-9-4-8-3-7(5-13-14)1-2-10(8)12-6-9/h1-4,6H,5H2. The first-order valence-electron chi connectivity index (χ1n) is 4.13. The summed E-state index contributed by atoms with van der Waals surface area (Å²) < 4.78 is 0. The quantitative estimate of drug-likeness (QED) is 0.709. The van der Waals surface area contributed by atoms with Crippen LogP contribution in [0.1, 0.15) is 5.56 Å². The molecule has 1 aromatic heterocycles. The molecular weight excluding hydrogens is 200 g/mol. The minimum absolute atomic E-state index is 0.183. The van der Waals surface area contributed by atoms with E-state index in [1.165, 1.54) is 0 Å². The van der Waals surface area contributed by atoms with E-state index >= 15 is 0 Å². The third kappa shape index (κ3) is 1.72. The summed E-state index contributed by atoms with van der Waals surface area (Å²) in [5, 5.41) is 4.35. The predicted octanol–water partition coefficient (Wildman–Crippen LogP) is 3.15. The summed E-state index contributed by atoms with van der Waals surface area (Å²) in [6, 6.07) is 7.38. The molecule has 2 rings (SSSR count). The van der Waals surface area contributed by atoms with Crippen molar-refractivity contribution in [2.45, 2.75) is 6.54 Å². The summed E-state index contributed by atoms with van der Waals surface area (Å²) in [5.74, 6) is 0. The Bertz CT molecular complexity index is 485. The largest absolute Gasteiger partial charge is 0.255 e. The molecule has 70 valence electrons. The Hall–Kier alpha value is -1.48.